The zero-order valence-corrected chi connectivity index (χ0v) is 19.4. The van der Waals surface area contributed by atoms with E-state index in [-0.39, 0.29) is 11.2 Å². The lowest BCUT2D eigenvalue weighted by molar-refractivity contribution is -0.0375. The lowest BCUT2D eigenvalue weighted by Gasteiger charge is -2.30. The Morgan fingerprint density at radius 1 is 0.500 bits per heavy atom. The van der Waals surface area contributed by atoms with Crippen molar-refractivity contribution < 1.29 is 9.47 Å². The van der Waals surface area contributed by atoms with Gasteiger partial charge in [-0.3, -0.25) is 0 Å². The Hall–Kier alpha value is -0.0800. The fraction of sp³-hybridized carbons (Fsp3) is 1.00. The van der Waals surface area contributed by atoms with Crippen LogP contribution in [0.3, 0.4) is 0 Å². The molecule has 0 N–H and O–H groups in total. The van der Waals surface area contributed by atoms with E-state index in [1.807, 2.05) is 0 Å². The van der Waals surface area contributed by atoms with Crippen molar-refractivity contribution in [3.8, 4) is 0 Å². The topological polar surface area (TPSA) is 18.5 Å². The summed E-state index contributed by atoms with van der Waals surface area (Å²) in [5, 5.41) is 0. The molecule has 0 fully saturated rings. The van der Waals surface area contributed by atoms with Crippen LogP contribution in [0.2, 0.25) is 0 Å². The zero-order chi connectivity index (χ0) is 20.0. The highest BCUT2D eigenvalue weighted by atomic mass is 16.5. The normalized spacial score (nSPS) is 16.2. The van der Waals surface area contributed by atoms with Gasteiger partial charge in [0.1, 0.15) is 0 Å². The van der Waals surface area contributed by atoms with Crippen molar-refractivity contribution in [3.63, 3.8) is 0 Å². The van der Waals surface area contributed by atoms with Crippen molar-refractivity contribution in [2.75, 3.05) is 13.2 Å². The van der Waals surface area contributed by atoms with E-state index in [0.29, 0.717) is 22.7 Å². The largest absolute Gasteiger partial charge is 0.376 e. The van der Waals surface area contributed by atoms with Crippen molar-refractivity contribution in [2.45, 2.75) is 108 Å². The second-order valence-electron chi connectivity index (χ2n) is 11.4. The second-order valence-corrected chi connectivity index (χ2v) is 11.4. The van der Waals surface area contributed by atoms with Gasteiger partial charge in [-0.05, 0) is 64.2 Å². The Morgan fingerprint density at radius 2 is 0.708 bits per heavy atom. The molecule has 2 heteroatoms. The molecule has 0 saturated carbocycles. The Kier molecular flexibility index (Phi) is 10.4. The van der Waals surface area contributed by atoms with Crippen molar-refractivity contribution >= 4 is 0 Å². The molecule has 0 aliphatic carbocycles. The molecule has 0 bridgehead atoms. The standard InChI is InChI=1S/2C11H24O/c2*1-9(10(2,3)4)8-12-11(5,6)7/h2*9H,8H2,1-7H3/t9-;/m0./s1. The van der Waals surface area contributed by atoms with Gasteiger partial charge in [0.2, 0.25) is 0 Å². The predicted octanol–water partition coefficient (Wildman–Crippen LogP) is 6.97. The average molecular weight is 345 g/mol. The van der Waals surface area contributed by atoms with Crippen LogP contribution < -0.4 is 0 Å². The van der Waals surface area contributed by atoms with Crippen LogP contribution in [0.4, 0.5) is 0 Å². The molecule has 0 heterocycles. The minimum Gasteiger partial charge on any atom is -0.376 e. The molecule has 148 valence electrons. The predicted molar refractivity (Wildman–Crippen MR) is 109 cm³/mol. The van der Waals surface area contributed by atoms with Gasteiger partial charge < -0.3 is 9.47 Å². The molecule has 0 aliphatic heterocycles. The van der Waals surface area contributed by atoms with Crippen LogP contribution in [0.25, 0.3) is 0 Å². The molecular weight excluding hydrogens is 296 g/mol. The van der Waals surface area contributed by atoms with Gasteiger partial charge in [-0.15, -0.1) is 0 Å². The molecule has 0 radical (unpaired) electrons. The quantitative estimate of drug-likeness (QED) is 0.548. The maximum Gasteiger partial charge on any atom is 0.0598 e. The summed E-state index contributed by atoms with van der Waals surface area (Å²) in [6.45, 7) is 32.3. The second kappa shape index (κ2) is 9.57. The van der Waals surface area contributed by atoms with Crippen molar-refractivity contribution in [3.05, 3.63) is 0 Å². The fourth-order valence-corrected chi connectivity index (χ4v) is 1.25. The third-order valence-electron chi connectivity index (χ3n) is 4.49. The number of hydrogen-bond donors (Lipinski definition) is 0. The minimum absolute atomic E-state index is 0.000486. The first kappa shape index (κ1) is 26.2. The molecule has 0 aromatic heterocycles. The highest BCUT2D eigenvalue weighted by Crippen LogP contribution is 2.27. The number of rotatable bonds is 4. The molecule has 2 nitrogen and oxygen atoms in total. The van der Waals surface area contributed by atoms with Gasteiger partial charge in [-0.1, -0.05) is 55.4 Å². The van der Waals surface area contributed by atoms with Crippen LogP contribution in [0.15, 0.2) is 0 Å². The van der Waals surface area contributed by atoms with Gasteiger partial charge in [-0.25, -0.2) is 0 Å². The average Bonchev–Trinajstić information content (AvgIpc) is 2.29. The van der Waals surface area contributed by atoms with E-state index >= 15 is 0 Å². The van der Waals surface area contributed by atoms with E-state index in [9.17, 15) is 0 Å². The summed E-state index contributed by atoms with van der Waals surface area (Å²) in [5.41, 5.74) is 0.704. The monoisotopic (exact) mass is 344 g/mol. The van der Waals surface area contributed by atoms with Crippen LogP contribution in [0.1, 0.15) is 96.9 Å². The summed E-state index contributed by atoms with van der Waals surface area (Å²) in [6, 6.07) is 0. The van der Waals surface area contributed by atoms with Crippen LogP contribution in [-0.2, 0) is 9.47 Å². The third-order valence-corrected chi connectivity index (χ3v) is 4.49. The molecule has 0 aromatic rings. The van der Waals surface area contributed by atoms with Crippen molar-refractivity contribution in [1.82, 2.24) is 0 Å². The minimum atomic E-state index is -0.000486. The van der Waals surface area contributed by atoms with E-state index in [2.05, 4.69) is 96.9 Å². The first-order valence-electron chi connectivity index (χ1n) is 9.53. The first-order chi connectivity index (χ1) is 10.3. The van der Waals surface area contributed by atoms with Gasteiger partial charge in [0.05, 0.1) is 24.4 Å². The van der Waals surface area contributed by atoms with Gasteiger partial charge in [0, 0.05) is 0 Å². The van der Waals surface area contributed by atoms with E-state index in [1.54, 1.807) is 0 Å². The van der Waals surface area contributed by atoms with Gasteiger partial charge in [-0.2, -0.15) is 0 Å². The molecular formula is C22H48O2. The summed E-state index contributed by atoms with van der Waals surface area (Å²) in [4.78, 5) is 0. The molecule has 0 aliphatic rings. The number of hydrogen-bond acceptors (Lipinski definition) is 2. The third kappa shape index (κ3) is 16.8. The smallest absolute Gasteiger partial charge is 0.0598 e. The molecule has 24 heavy (non-hydrogen) atoms. The Bertz CT molecular complexity index is 284. The summed E-state index contributed by atoms with van der Waals surface area (Å²) in [5.74, 6) is 1.22. The molecule has 0 spiro atoms. The molecule has 0 amide bonds. The Balaban J connectivity index is 0. The molecule has 0 saturated heterocycles. The van der Waals surface area contributed by atoms with Gasteiger partial charge in [0.25, 0.3) is 0 Å². The lowest BCUT2D eigenvalue weighted by atomic mass is 9.83. The fourth-order valence-electron chi connectivity index (χ4n) is 1.25. The van der Waals surface area contributed by atoms with Gasteiger partial charge >= 0.3 is 0 Å². The zero-order valence-electron chi connectivity index (χ0n) is 19.4. The van der Waals surface area contributed by atoms with E-state index in [4.69, 9.17) is 9.47 Å². The van der Waals surface area contributed by atoms with Crippen LogP contribution >= 0.6 is 0 Å². The Labute approximate surface area is 154 Å². The van der Waals surface area contributed by atoms with Gasteiger partial charge in [0.15, 0.2) is 0 Å². The molecule has 0 aromatic carbocycles. The summed E-state index contributed by atoms with van der Waals surface area (Å²) < 4.78 is 11.4. The van der Waals surface area contributed by atoms with Crippen LogP contribution in [-0.4, -0.2) is 24.4 Å². The van der Waals surface area contributed by atoms with Crippen molar-refractivity contribution in [1.29, 1.82) is 0 Å². The van der Waals surface area contributed by atoms with E-state index < -0.39 is 0 Å². The highest BCUT2D eigenvalue weighted by Gasteiger charge is 2.23. The van der Waals surface area contributed by atoms with E-state index in [1.165, 1.54) is 0 Å². The molecule has 0 rings (SSSR count). The SMILES string of the molecule is CC(COC(C)(C)C)C(C)(C)C.C[C@@H](COC(C)(C)C)C(C)(C)C. The summed E-state index contributed by atoms with van der Waals surface area (Å²) in [7, 11) is 0. The van der Waals surface area contributed by atoms with Crippen LogP contribution in [0.5, 0.6) is 0 Å². The summed E-state index contributed by atoms with van der Waals surface area (Å²) in [6.07, 6.45) is 0. The Morgan fingerprint density at radius 3 is 0.833 bits per heavy atom. The maximum atomic E-state index is 5.72. The lowest BCUT2D eigenvalue weighted by Crippen LogP contribution is -2.28. The first-order valence-corrected chi connectivity index (χ1v) is 9.53. The number of ether oxygens (including phenoxy) is 2. The maximum absolute atomic E-state index is 5.72. The van der Waals surface area contributed by atoms with Crippen molar-refractivity contribution in [2.24, 2.45) is 22.7 Å². The highest BCUT2D eigenvalue weighted by molar-refractivity contribution is 4.72. The van der Waals surface area contributed by atoms with Crippen LogP contribution in [0, 0.1) is 22.7 Å². The summed E-state index contributed by atoms with van der Waals surface area (Å²) >= 11 is 0. The van der Waals surface area contributed by atoms with E-state index in [0.717, 1.165) is 13.2 Å². The molecule has 1 unspecified atom stereocenters. The molecule has 2 atom stereocenters.